The molecule has 0 radical (unpaired) electrons. The molecule has 0 aliphatic heterocycles. The fourth-order valence-electron chi connectivity index (χ4n) is 6.44. The third kappa shape index (κ3) is 7.95. The smallest absolute Gasteiger partial charge is 0.339 e. The number of carbonyl (C=O) groups is 3. The van der Waals surface area contributed by atoms with Crippen molar-refractivity contribution < 1.29 is 29.3 Å². The van der Waals surface area contributed by atoms with Crippen LogP contribution in [0.3, 0.4) is 0 Å². The van der Waals surface area contributed by atoms with E-state index in [0.29, 0.717) is 24.2 Å². The highest BCUT2D eigenvalue weighted by atomic mass is 16.5. The van der Waals surface area contributed by atoms with Crippen molar-refractivity contribution in [3.05, 3.63) is 161 Å². The SMILES string of the molecule is COC(=O)C(NC(C)=O)C(C)Cc1ccccc1C(Cc1ccc(/N=N/c2ccc(O)c(C(=O)O)c2)cc1)(c1ccccc1)c1ccccc1. The Labute approximate surface area is 291 Å². The number of aromatic hydroxyl groups is 1. The fourth-order valence-corrected chi connectivity index (χ4v) is 6.44. The number of phenols is 1. The molecule has 9 nitrogen and oxygen atoms in total. The number of aromatic carboxylic acids is 1. The van der Waals surface area contributed by atoms with Crippen LogP contribution in [0.5, 0.6) is 5.75 Å². The zero-order valence-electron chi connectivity index (χ0n) is 28.1. The third-order valence-corrected chi connectivity index (χ3v) is 8.83. The maximum absolute atomic E-state index is 12.8. The molecule has 2 atom stereocenters. The van der Waals surface area contributed by atoms with E-state index in [-0.39, 0.29) is 23.1 Å². The highest BCUT2D eigenvalue weighted by Crippen LogP contribution is 2.44. The van der Waals surface area contributed by atoms with Crippen LogP contribution in [0.25, 0.3) is 0 Å². The van der Waals surface area contributed by atoms with Crippen molar-refractivity contribution in [2.45, 2.75) is 38.1 Å². The molecule has 0 spiro atoms. The van der Waals surface area contributed by atoms with Gasteiger partial charge in [0.2, 0.25) is 5.91 Å². The molecule has 1 amide bonds. The van der Waals surface area contributed by atoms with Gasteiger partial charge in [0.25, 0.3) is 0 Å². The highest BCUT2D eigenvalue weighted by Gasteiger charge is 2.39. The predicted molar refractivity (Wildman–Crippen MR) is 191 cm³/mol. The number of nitrogens with zero attached hydrogens (tertiary/aromatic N) is 2. The first-order valence-electron chi connectivity index (χ1n) is 16.2. The van der Waals surface area contributed by atoms with Gasteiger partial charge in [-0.2, -0.15) is 10.2 Å². The van der Waals surface area contributed by atoms with Crippen LogP contribution in [0.4, 0.5) is 11.4 Å². The molecular formula is C41H39N3O6. The summed E-state index contributed by atoms with van der Waals surface area (Å²) in [5, 5.41) is 30.4. The Morgan fingerprint density at radius 2 is 1.34 bits per heavy atom. The first-order chi connectivity index (χ1) is 24.1. The molecule has 0 heterocycles. The van der Waals surface area contributed by atoms with Gasteiger partial charge in [-0.3, -0.25) is 4.79 Å². The van der Waals surface area contributed by atoms with Crippen LogP contribution in [-0.4, -0.2) is 41.2 Å². The third-order valence-electron chi connectivity index (χ3n) is 8.83. The van der Waals surface area contributed by atoms with E-state index in [2.05, 4.69) is 51.9 Å². The number of esters is 1. The second kappa shape index (κ2) is 15.9. The standard InChI is InChI=1S/C41H39N3O6/c1-27(38(40(49)50-3)42-28(2)45)24-30-12-10-11-17-36(30)41(31-13-6-4-7-14-31,32-15-8-5-9-16-32)26-29-18-20-33(21-19-29)43-44-34-22-23-37(46)35(25-34)39(47)48/h4-23,25,27,38,46H,24,26H2,1-3H3,(H,42,45)(H,47,48)/b44-43+. The first kappa shape index (κ1) is 35.2. The normalized spacial score (nSPS) is 12.6. The van der Waals surface area contributed by atoms with Gasteiger partial charge in [-0.15, -0.1) is 0 Å². The number of methoxy groups -OCH3 is 1. The number of azo groups is 1. The van der Waals surface area contributed by atoms with Crippen molar-refractivity contribution >= 4 is 29.2 Å². The topological polar surface area (TPSA) is 138 Å². The molecule has 3 N–H and O–H groups in total. The zero-order chi connectivity index (χ0) is 35.7. The Bertz CT molecular complexity index is 1940. The minimum atomic E-state index is -1.25. The Kier molecular flexibility index (Phi) is 11.2. The van der Waals surface area contributed by atoms with Gasteiger partial charge in [0.1, 0.15) is 17.4 Å². The number of carbonyl (C=O) groups excluding carboxylic acids is 2. The van der Waals surface area contributed by atoms with E-state index >= 15 is 0 Å². The molecule has 0 saturated heterocycles. The van der Waals surface area contributed by atoms with Gasteiger partial charge >= 0.3 is 11.9 Å². The number of amides is 1. The largest absolute Gasteiger partial charge is 0.507 e. The highest BCUT2D eigenvalue weighted by molar-refractivity contribution is 5.91. The van der Waals surface area contributed by atoms with E-state index in [9.17, 15) is 24.6 Å². The molecule has 5 aromatic rings. The van der Waals surface area contributed by atoms with Crippen LogP contribution in [0.2, 0.25) is 0 Å². The Balaban J connectivity index is 1.58. The Morgan fingerprint density at radius 3 is 1.92 bits per heavy atom. The lowest BCUT2D eigenvalue weighted by Crippen LogP contribution is -2.45. The molecule has 5 aromatic carbocycles. The average Bonchev–Trinajstić information content (AvgIpc) is 3.13. The van der Waals surface area contributed by atoms with E-state index in [0.717, 1.165) is 27.8 Å². The second-order valence-corrected chi connectivity index (χ2v) is 12.2. The van der Waals surface area contributed by atoms with Crippen LogP contribution in [0.15, 0.2) is 138 Å². The van der Waals surface area contributed by atoms with Crippen LogP contribution in [-0.2, 0) is 32.6 Å². The zero-order valence-corrected chi connectivity index (χ0v) is 28.1. The molecule has 9 heteroatoms. The number of rotatable bonds is 13. The molecule has 50 heavy (non-hydrogen) atoms. The van der Waals surface area contributed by atoms with Gasteiger partial charge in [0, 0.05) is 12.3 Å². The van der Waals surface area contributed by atoms with Crippen molar-refractivity contribution in [3.8, 4) is 5.75 Å². The van der Waals surface area contributed by atoms with Crippen molar-refractivity contribution in [1.82, 2.24) is 5.32 Å². The lowest BCUT2D eigenvalue weighted by Gasteiger charge is -2.38. The average molecular weight is 670 g/mol. The fraction of sp³-hybridized carbons (Fsp3) is 0.195. The molecule has 0 aliphatic carbocycles. The summed E-state index contributed by atoms with van der Waals surface area (Å²) in [7, 11) is 1.32. The van der Waals surface area contributed by atoms with Crippen molar-refractivity contribution in [2.24, 2.45) is 16.1 Å². The molecule has 5 rings (SSSR count). The van der Waals surface area contributed by atoms with E-state index in [1.165, 1.54) is 32.2 Å². The molecule has 0 bridgehead atoms. The van der Waals surface area contributed by atoms with Gasteiger partial charge in [-0.1, -0.05) is 104 Å². The monoisotopic (exact) mass is 669 g/mol. The maximum Gasteiger partial charge on any atom is 0.339 e. The molecule has 0 aromatic heterocycles. The van der Waals surface area contributed by atoms with E-state index in [1.54, 1.807) is 0 Å². The van der Waals surface area contributed by atoms with Gasteiger partial charge in [0.15, 0.2) is 0 Å². The maximum atomic E-state index is 12.8. The summed E-state index contributed by atoms with van der Waals surface area (Å²) >= 11 is 0. The van der Waals surface area contributed by atoms with Crippen LogP contribution >= 0.6 is 0 Å². The summed E-state index contributed by atoms with van der Waals surface area (Å²) in [6.45, 7) is 3.33. The van der Waals surface area contributed by atoms with Crippen molar-refractivity contribution in [3.63, 3.8) is 0 Å². The van der Waals surface area contributed by atoms with E-state index in [1.807, 2.05) is 79.7 Å². The molecule has 0 fully saturated rings. The summed E-state index contributed by atoms with van der Waals surface area (Å²) in [4.78, 5) is 36.2. The predicted octanol–water partition coefficient (Wildman–Crippen LogP) is 7.94. The number of hydrogen-bond acceptors (Lipinski definition) is 7. The number of carboxylic acid groups (broad SMARTS) is 1. The van der Waals surface area contributed by atoms with Crippen molar-refractivity contribution in [1.29, 1.82) is 0 Å². The van der Waals surface area contributed by atoms with Gasteiger partial charge < -0.3 is 20.3 Å². The van der Waals surface area contributed by atoms with Crippen molar-refractivity contribution in [2.75, 3.05) is 7.11 Å². The minimum Gasteiger partial charge on any atom is -0.507 e. The summed E-state index contributed by atoms with van der Waals surface area (Å²) in [6.07, 6.45) is 1.08. The molecular weight excluding hydrogens is 630 g/mol. The molecule has 2 unspecified atom stereocenters. The Hall–Kier alpha value is -6.09. The van der Waals surface area contributed by atoms with E-state index in [4.69, 9.17) is 4.74 Å². The summed E-state index contributed by atoms with van der Waals surface area (Å²) in [5.74, 6) is -2.67. The minimum absolute atomic E-state index is 0.249. The number of hydrogen-bond donors (Lipinski definition) is 3. The molecule has 0 aliphatic rings. The second-order valence-electron chi connectivity index (χ2n) is 12.2. The summed E-state index contributed by atoms with van der Waals surface area (Å²) in [6, 6.07) is 39.8. The quantitative estimate of drug-likeness (QED) is 0.0661. The Morgan fingerprint density at radius 1 is 0.780 bits per heavy atom. The lowest BCUT2D eigenvalue weighted by molar-refractivity contribution is -0.146. The summed E-state index contributed by atoms with van der Waals surface area (Å²) < 4.78 is 5.06. The molecule has 0 saturated carbocycles. The van der Waals surface area contributed by atoms with Crippen LogP contribution < -0.4 is 5.32 Å². The van der Waals surface area contributed by atoms with Crippen LogP contribution in [0.1, 0.15) is 52.0 Å². The number of carboxylic acids is 1. The van der Waals surface area contributed by atoms with Gasteiger partial charge in [-0.25, -0.2) is 9.59 Å². The van der Waals surface area contributed by atoms with Gasteiger partial charge in [0.05, 0.1) is 18.5 Å². The number of benzene rings is 5. The van der Waals surface area contributed by atoms with Crippen LogP contribution in [0, 0.1) is 5.92 Å². The summed E-state index contributed by atoms with van der Waals surface area (Å²) in [5.41, 5.74) is 5.28. The first-order valence-corrected chi connectivity index (χ1v) is 16.2. The van der Waals surface area contributed by atoms with Gasteiger partial charge in [-0.05, 0) is 76.9 Å². The lowest BCUT2D eigenvalue weighted by atomic mass is 9.64. The van der Waals surface area contributed by atoms with E-state index < -0.39 is 23.4 Å². The number of ether oxygens (including phenoxy) is 1. The molecule has 254 valence electrons. The number of nitrogens with one attached hydrogen (secondary N) is 1.